The Balaban J connectivity index is 2.55. The van der Waals surface area contributed by atoms with Crippen molar-refractivity contribution in [2.45, 2.75) is 6.61 Å². The second kappa shape index (κ2) is 4.18. The molecule has 0 aliphatic carbocycles. The quantitative estimate of drug-likeness (QED) is 0.775. The topological polar surface area (TPSA) is 61.6 Å². The summed E-state index contributed by atoms with van der Waals surface area (Å²) in [6.07, 6.45) is 0. The van der Waals surface area contributed by atoms with Crippen molar-refractivity contribution in [2.24, 2.45) is 5.73 Å². The van der Waals surface area contributed by atoms with Crippen molar-refractivity contribution < 1.29 is 14.3 Å². The van der Waals surface area contributed by atoms with Crippen molar-refractivity contribution in [1.82, 2.24) is 0 Å². The van der Waals surface area contributed by atoms with E-state index in [4.69, 9.17) is 26.8 Å². The minimum atomic E-state index is -0.203. The van der Waals surface area contributed by atoms with Gasteiger partial charge >= 0.3 is 0 Å². The van der Waals surface area contributed by atoms with E-state index in [-0.39, 0.29) is 19.1 Å². The Morgan fingerprint density at radius 1 is 1.53 bits per heavy atom. The first-order valence-corrected chi connectivity index (χ1v) is 4.87. The van der Waals surface area contributed by atoms with E-state index in [1.54, 1.807) is 12.1 Å². The second-order valence-electron chi connectivity index (χ2n) is 3.14. The second-order valence-corrected chi connectivity index (χ2v) is 3.54. The van der Waals surface area contributed by atoms with Crippen LogP contribution in [0.1, 0.15) is 15.9 Å². The number of Topliss-reactive ketones (excluding diaryl/α,β-unsaturated/α-hetero) is 1. The van der Waals surface area contributed by atoms with Gasteiger partial charge in [-0.1, -0.05) is 11.6 Å². The number of carbonyl (C=O) groups excluding carboxylic acids is 1. The minimum absolute atomic E-state index is 0.0732. The van der Waals surface area contributed by atoms with Crippen LogP contribution in [0.25, 0.3) is 0 Å². The number of hydrogen-bond acceptors (Lipinski definition) is 4. The highest BCUT2D eigenvalue weighted by molar-refractivity contribution is 6.34. The number of halogens is 1. The van der Waals surface area contributed by atoms with Crippen LogP contribution in [0.3, 0.4) is 0 Å². The van der Waals surface area contributed by atoms with Crippen molar-refractivity contribution in [1.29, 1.82) is 0 Å². The number of ketones is 1. The van der Waals surface area contributed by atoms with Crippen molar-refractivity contribution in [2.75, 3.05) is 13.3 Å². The molecule has 0 aromatic heterocycles. The van der Waals surface area contributed by atoms with E-state index >= 15 is 0 Å². The predicted molar refractivity (Wildman–Crippen MR) is 55.1 cm³/mol. The fraction of sp³-hybridized carbons (Fsp3) is 0.300. The molecule has 0 bridgehead atoms. The smallest absolute Gasteiger partial charge is 0.189 e. The zero-order chi connectivity index (χ0) is 10.8. The lowest BCUT2D eigenvalue weighted by molar-refractivity contribution is -0.0167. The molecule has 2 N–H and O–H groups in total. The first kappa shape index (κ1) is 10.4. The van der Waals surface area contributed by atoms with E-state index in [9.17, 15) is 4.79 Å². The molecular formula is C10H10ClNO3. The molecule has 1 aromatic rings. The molecule has 2 rings (SSSR count). The normalized spacial score (nSPS) is 14.3. The van der Waals surface area contributed by atoms with Gasteiger partial charge in [-0.25, -0.2) is 0 Å². The van der Waals surface area contributed by atoms with Gasteiger partial charge in [-0.05, 0) is 12.1 Å². The number of nitrogens with two attached hydrogens (primary N) is 1. The maximum atomic E-state index is 11.6. The largest absolute Gasteiger partial charge is 0.467 e. The van der Waals surface area contributed by atoms with Crippen LogP contribution in [0.2, 0.25) is 5.02 Å². The van der Waals surface area contributed by atoms with Crippen LogP contribution in [0.4, 0.5) is 0 Å². The van der Waals surface area contributed by atoms with Gasteiger partial charge in [0.05, 0.1) is 18.2 Å². The predicted octanol–water partition coefficient (Wildman–Crippen LogP) is 1.35. The van der Waals surface area contributed by atoms with Gasteiger partial charge in [-0.3, -0.25) is 4.79 Å². The molecule has 0 atom stereocenters. The number of benzene rings is 1. The summed E-state index contributed by atoms with van der Waals surface area (Å²) in [5.41, 5.74) is 6.41. The molecule has 15 heavy (non-hydrogen) atoms. The molecule has 0 saturated carbocycles. The summed E-state index contributed by atoms with van der Waals surface area (Å²) in [4.78, 5) is 11.6. The van der Waals surface area contributed by atoms with Gasteiger partial charge < -0.3 is 15.2 Å². The van der Waals surface area contributed by atoms with Crippen LogP contribution >= 0.6 is 11.6 Å². The highest BCUT2D eigenvalue weighted by Crippen LogP contribution is 2.31. The van der Waals surface area contributed by atoms with E-state index in [1.165, 1.54) is 0 Å². The highest BCUT2D eigenvalue weighted by Gasteiger charge is 2.21. The lowest BCUT2D eigenvalue weighted by Crippen LogP contribution is -2.20. The number of ether oxygens (including phenoxy) is 2. The Labute approximate surface area is 91.9 Å². The summed E-state index contributed by atoms with van der Waals surface area (Å²) < 4.78 is 10.4. The van der Waals surface area contributed by atoms with Crippen LogP contribution in [-0.2, 0) is 11.3 Å². The van der Waals surface area contributed by atoms with Crippen molar-refractivity contribution in [3.8, 4) is 5.75 Å². The zero-order valence-electron chi connectivity index (χ0n) is 7.96. The van der Waals surface area contributed by atoms with Gasteiger partial charge in [0, 0.05) is 11.1 Å². The lowest BCUT2D eigenvalue weighted by Gasteiger charge is -2.20. The maximum Gasteiger partial charge on any atom is 0.189 e. The zero-order valence-corrected chi connectivity index (χ0v) is 8.71. The van der Waals surface area contributed by atoms with E-state index in [0.29, 0.717) is 28.5 Å². The number of fused-ring (bicyclic) bond motifs is 1. The van der Waals surface area contributed by atoms with Crippen LogP contribution in [0.15, 0.2) is 12.1 Å². The van der Waals surface area contributed by atoms with E-state index in [1.807, 2.05) is 0 Å². The molecule has 0 saturated heterocycles. The van der Waals surface area contributed by atoms with Crippen molar-refractivity contribution >= 4 is 17.4 Å². The Hall–Kier alpha value is -1.10. The van der Waals surface area contributed by atoms with Crippen LogP contribution in [0.5, 0.6) is 5.75 Å². The summed E-state index contributed by atoms with van der Waals surface area (Å²) in [5, 5.41) is 0.387. The monoisotopic (exact) mass is 227 g/mol. The van der Waals surface area contributed by atoms with Crippen LogP contribution < -0.4 is 10.5 Å². The maximum absolute atomic E-state index is 11.6. The summed E-state index contributed by atoms with van der Waals surface area (Å²) in [7, 11) is 0. The third kappa shape index (κ3) is 1.84. The van der Waals surface area contributed by atoms with Gasteiger partial charge in [0.2, 0.25) is 0 Å². The molecule has 80 valence electrons. The third-order valence-corrected chi connectivity index (χ3v) is 2.54. The summed E-state index contributed by atoms with van der Waals surface area (Å²) in [5.74, 6) is 0.438. The summed E-state index contributed by atoms with van der Waals surface area (Å²) >= 11 is 5.95. The van der Waals surface area contributed by atoms with E-state index in [2.05, 4.69) is 0 Å². The van der Waals surface area contributed by atoms with Crippen molar-refractivity contribution in [3.05, 3.63) is 28.3 Å². The number of hydrogen-bond donors (Lipinski definition) is 1. The Kier molecular flexibility index (Phi) is 2.90. The molecule has 0 fully saturated rings. The van der Waals surface area contributed by atoms with E-state index in [0.717, 1.165) is 0 Å². The SMILES string of the molecule is NCC(=O)c1c(Cl)ccc2c1COCO2. The van der Waals surface area contributed by atoms with Crippen LogP contribution in [-0.4, -0.2) is 19.1 Å². The molecule has 0 amide bonds. The minimum Gasteiger partial charge on any atom is -0.467 e. The standard InChI is InChI=1S/C10H10ClNO3/c11-7-1-2-9-6(4-14-5-15-9)10(7)8(13)3-12/h1-2H,3-5,12H2. The average Bonchev–Trinajstić information content (AvgIpc) is 2.28. The van der Waals surface area contributed by atoms with Crippen LogP contribution in [0, 0.1) is 0 Å². The number of rotatable bonds is 2. The molecule has 5 heteroatoms. The van der Waals surface area contributed by atoms with E-state index < -0.39 is 0 Å². The molecule has 1 aliphatic rings. The summed E-state index contributed by atoms with van der Waals surface area (Å²) in [6, 6.07) is 3.36. The van der Waals surface area contributed by atoms with Gasteiger partial charge in [0.1, 0.15) is 5.75 Å². The molecule has 1 aliphatic heterocycles. The fourth-order valence-electron chi connectivity index (χ4n) is 1.53. The highest BCUT2D eigenvalue weighted by atomic mass is 35.5. The van der Waals surface area contributed by atoms with Gasteiger partial charge in [0.25, 0.3) is 0 Å². The first-order valence-electron chi connectivity index (χ1n) is 4.49. The molecule has 0 radical (unpaired) electrons. The lowest BCUT2D eigenvalue weighted by atomic mass is 10.0. The third-order valence-electron chi connectivity index (χ3n) is 2.23. The molecule has 1 heterocycles. The Morgan fingerprint density at radius 2 is 2.33 bits per heavy atom. The summed E-state index contributed by atoms with van der Waals surface area (Å²) in [6.45, 7) is 0.456. The number of carbonyl (C=O) groups is 1. The molecule has 1 aromatic carbocycles. The molecular weight excluding hydrogens is 218 g/mol. The van der Waals surface area contributed by atoms with Gasteiger partial charge in [-0.2, -0.15) is 0 Å². The molecule has 0 unspecified atom stereocenters. The first-order chi connectivity index (χ1) is 7.24. The molecule has 0 spiro atoms. The van der Waals surface area contributed by atoms with Gasteiger partial charge in [-0.15, -0.1) is 0 Å². The molecule has 4 nitrogen and oxygen atoms in total. The van der Waals surface area contributed by atoms with Gasteiger partial charge in [0.15, 0.2) is 12.6 Å². The fourth-order valence-corrected chi connectivity index (χ4v) is 1.81. The Bertz CT molecular complexity index is 406. The average molecular weight is 228 g/mol. The Morgan fingerprint density at radius 3 is 3.07 bits per heavy atom. The van der Waals surface area contributed by atoms with Crippen molar-refractivity contribution in [3.63, 3.8) is 0 Å².